The van der Waals surface area contributed by atoms with Gasteiger partial charge in [-0.2, -0.15) is 22.0 Å². The van der Waals surface area contributed by atoms with Gasteiger partial charge in [0.1, 0.15) is 0 Å². The predicted molar refractivity (Wildman–Crippen MR) is 133 cm³/mol. The minimum Gasteiger partial charge on any atom is -0.743 e. The van der Waals surface area contributed by atoms with Crippen LogP contribution in [0.1, 0.15) is 31.1 Å². The van der Waals surface area contributed by atoms with Gasteiger partial charge in [-0.25, -0.2) is 13.2 Å². The molecule has 0 aliphatic heterocycles. The minimum absolute atomic E-state index is 0.0627. The molecule has 1 N–H and O–H groups in total. The molecule has 35 heavy (non-hydrogen) atoms. The van der Waals surface area contributed by atoms with E-state index in [0.29, 0.717) is 10.7 Å². The van der Waals surface area contributed by atoms with Gasteiger partial charge in [0, 0.05) is 10.7 Å². The Morgan fingerprint density at radius 1 is 0.914 bits per heavy atom. The van der Waals surface area contributed by atoms with E-state index < -0.39 is 56.6 Å². The highest BCUT2D eigenvalue weighted by molar-refractivity contribution is 14.1. The van der Waals surface area contributed by atoms with Crippen LogP contribution in [-0.2, 0) is 14.9 Å². The van der Waals surface area contributed by atoms with Crippen molar-refractivity contribution in [2.75, 3.05) is 0 Å². The number of alkyl halides is 5. The first-order valence-corrected chi connectivity index (χ1v) is 13.2. The SMILES string of the molecule is O=C(NC(=O)c1cc(I)cc(I)c1I)c1ccccc1C(=O)OC(C(F)(F)F)C(F)(F)S(=O)(=O)[O-]. The lowest BCUT2D eigenvalue weighted by atomic mass is 10.1. The molecule has 190 valence electrons. The summed E-state index contributed by atoms with van der Waals surface area (Å²) in [4.78, 5) is 37.5. The molecule has 0 bridgehead atoms. The number of carbonyl (C=O) groups excluding carboxylic acids is 3. The lowest BCUT2D eigenvalue weighted by molar-refractivity contribution is -0.248. The van der Waals surface area contributed by atoms with Crippen LogP contribution in [0.3, 0.4) is 0 Å². The normalized spacial score (nSPS) is 13.2. The van der Waals surface area contributed by atoms with Gasteiger partial charge in [-0.3, -0.25) is 14.9 Å². The fourth-order valence-corrected chi connectivity index (χ4v) is 5.29. The standard InChI is InChI=1S/C18H9F5I3NO7S/c19-17(20,21)16(18(22,23)35(31,32)33)34-15(30)9-4-2-1-3-8(9)13(28)27-14(29)10-5-7(24)6-11(25)12(10)26/h1-6,16H,(H,27,28,29)(H,31,32,33)/p-1. The highest BCUT2D eigenvalue weighted by atomic mass is 127. The van der Waals surface area contributed by atoms with E-state index in [9.17, 15) is 49.3 Å². The van der Waals surface area contributed by atoms with Crippen molar-refractivity contribution in [3.8, 4) is 0 Å². The Labute approximate surface area is 234 Å². The van der Waals surface area contributed by atoms with Crippen LogP contribution in [0, 0.1) is 10.7 Å². The fourth-order valence-electron chi connectivity index (χ4n) is 2.45. The van der Waals surface area contributed by atoms with Gasteiger partial charge < -0.3 is 9.29 Å². The van der Waals surface area contributed by atoms with Crippen molar-refractivity contribution in [2.24, 2.45) is 0 Å². The van der Waals surface area contributed by atoms with Gasteiger partial charge in [-0.05, 0) is 92.0 Å². The lowest BCUT2D eigenvalue weighted by Gasteiger charge is -2.29. The lowest BCUT2D eigenvalue weighted by Crippen LogP contribution is -2.52. The predicted octanol–water partition coefficient (Wildman–Crippen LogP) is 4.30. The molecule has 2 rings (SSSR count). The number of rotatable bonds is 6. The molecule has 0 aromatic heterocycles. The molecule has 0 heterocycles. The van der Waals surface area contributed by atoms with Crippen molar-refractivity contribution in [3.05, 3.63) is 63.8 Å². The maximum atomic E-state index is 13.7. The van der Waals surface area contributed by atoms with Crippen molar-refractivity contribution in [2.45, 2.75) is 17.5 Å². The molecule has 2 aromatic rings. The van der Waals surface area contributed by atoms with E-state index in [1.807, 2.05) is 73.1 Å². The van der Waals surface area contributed by atoms with Gasteiger partial charge in [0.2, 0.25) is 0 Å². The summed E-state index contributed by atoms with van der Waals surface area (Å²) < 4.78 is 104. The van der Waals surface area contributed by atoms with Crippen LogP contribution >= 0.6 is 67.8 Å². The maximum absolute atomic E-state index is 13.7. The zero-order valence-corrected chi connectivity index (χ0v) is 23.6. The Bertz CT molecular complexity index is 1300. The van der Waals surface area contributed by atoms with Crippen molar-refractivity contribution in [3.63, 3.8) is 0 Å². The van der Waals surface area contributed by atoms with Crippen LogP contribution in [0.15, 0.2) is 36.4 Å². The van der Waals surface area contributed by atoms with Crippen LogP contribution in [0.5, 0.6) is 0 Å². The summed E-state index contributed by atoms with van der Waals surface area (Å²) in [5.41, 5.74) is -1.68. The summed E-state index contributed by atoms with van der Waals surface area (Å²) in [5, 5.41) is -4.14. The van der Waals surface area contributed by atoms with E-state index in [2.05, 4.69) is 4.74 Å². The van der Waals surface area contributed by atoms with Crippen LogP contribution < -0.4 is 5.32 Å². The van der Waals surface area contributed by atoms with Crippen LogP contribution in [0.2, 0.25) is 0 Å². The molecule has 0 spiro atoms. The summed E-state index contributed by atoms with van der Waals surface area (Å²) in [5.74, 6) is -4.41. The number of benzene rings is 2. The van der Waals surface area contributed by atoms with Crippen LogP contribution in [0.25, 0.3) is 0 Å². The third-order valence-electron chi connectivity index (χ3n) is 4.02. The Balaban J connectivity index is 2.40. The van der Waals surface area contributed by atoms with E-state index in [4.69, 9.17) is 0 Å². The molecule has 0 fully saturated rings. The van der Waals surface area contributed by atoms with Gasteiger partial charge in [0.15, 0.2) is 10.1 Å². The number of esters is 1. The average Bonchev–Trinajstić information content (AvgIpc) is 2.72. The third-order valence-corrected chi connectivity index (χ3v) is 8.57. The summed E-state index contributed by atoms with van der Waals surface area (Å²) in [6.45, 7) is 0. The molecular formula is C18H8F5I3NO7S-. The molecule has 17 heteroatoms. The van der Waals surface area contributed by atoms with E-state index in [1.54, 1.807) is 6.07 Å². The quantitative estimate of drug-likeness (QED) is 0.115. The average molecular weight is 858 g/mol. The largest absolute Gasteiger partial charge is 0.743 e. The second-order valence-electron chi connectivity index (χ2n) is 6.42. The fraction of sp³-hybridized carbons (Fsp3) is 0.167. The summed E-state index contributed by atoms with van der Waals surface area (Å²) in [6, 6.07) is 6.96. The summed E-state index contributed by atoms with van der Waals surface area (Å²) >= 11 is 5.70. The van der Waals surface area contributed by atoms with E-state index in [0.717, 1.165) is 24.3 Å². The molecule has 0 aliphatic carbocycles. The number of carbonyl (C=O) groups is 3. The smallest absolute Gasteiger partial charge is 0.432 e. The van der Waals surface area contributed by atoms with Crippen molar-refractivity contribution < 1.29 is 54.0 Å². The highest BCUT2D eigenvalue weighted by Gasteiger charge is 2.63. The number of halogens is 8. The molecular weight excluding hydrogens is 850 g/mol. The topological polar surface area (TPSA) is 130 Å². The van der Waals surface area contributed by atoms with Crippen LogP contribution in [-0.4, -0.2) is 48.3 Å². The van der Waals surface area contributed by atoms with Crippen molar-refractivity contribution in [1.29, 1.82) is 0 Å². The van der Waals surface area contributed by atoms with E-state index in [1.165, 1.54) is 6.07 Å². The second kappa shape index (κ2) is 11.0. The van der Waals surface area contributed by atoms with E-state index in [-0.39, 0.29) is 5.56 Å². The third kappa shape index (κ3) is 6.97. The summed E-state index contributed by atoms with van der Waals surface area (Å²) in [6.07, 6.45) is -10.8. The number of hydrogen-bond acceptors (Lipinski definition) is 7. The minimum atomic E-state index is -6.90. The molecule has 2 aromatic carbocycles. The van der Waals surface area contributed by atoms with E-state index >= 15 is 0 Å². The Morgan fingerprint density at radius 3 is 1.94 bits per heavy atom. The monoisotopic (exact) mass is 858 g/mol. The number of hydrogen-bond donors (Lipinski definition) is 1. The van der Waals surface area contributed by atoms with Crippen molar-refractivity contribution in [1.82, 2.24) is 5.32 Å². The molecule has 0 saturated carbocycles. The highest BCUT2D eigenvalue weighted by Crippen LogP contribution is 2.38. The number of ether oxygens (including phenoxy) is 1. The molecule has 0 aliphatic rings. The molecule has 2 amide bonds. The Morgan fingerprint density at radius 2 is 1.43 bits per heavy atom. The van der Waals surface area contributed by atoms with Gasteiger partial charge in [-0.1, -0.05) is 12.1 Å². The first-order chi connectivity index (χ1) is 15.9. The van der Waals surface area contributed by atoms with Gasteiger partial charge in [0.05, 0.1) is 16.7 Å². The first kappa shape index (κ1) is 30.0. The number of nitrogens with one attached hydrogen (secondary N) is 1. The van der Waals surface area contributed by atoms with Crippen molar-refractivity contribution >= 4 is 95.7 Å². The molecule has 0 radical (unpaired) electrons. The van der Waals surface area contributed by atoms with Gasteiger partial charge in [-0.15, -0.1) is 0 Å². The molecule has 1 atom stereocenters. The van der Waals surface area contributed by atoms with Gasteiger partial charge in [0.25, 0.3) is 17.9 Å². The zero-order valence-electron chi connectivity index (χ0n) is 16.3. The molecule has 1 unspecified atom stereocenters. The molecule has 0 saturated heterocycles. The zero-order chi connectivity index (χ0) is 26.9. The Hall–Kier alpha value is -1.20. The number of amides is 2. The first-order valence-electron chi connectivity index (χ1n) is 8.58. The number of imide groups is 1. The molecule has 8 nitrogen and oxygen atoms in total. The maximum Gasteiger partial charge on any atom is 0.432 e. The van der Waals surface area contributed by atoms with Crippen LogP contribution in [0.4, 0.5) is 22.0 Å². The summed E-state index contributed by atoms with van der Waals surface area (Å²) in [7, 11) is -6.90. The Kier molecular flexibility index (Phi) is 9.48. The second-order valence-corrected chi connectivity index (χ2v) is 11.4. The van der Waals surface area contributed by atoms with Gasteiger partial charge >= 0.3 is 17.4 Å².